The summed E-state index contributed by atoms with van der Waals surface area (Å²) in [5.41, 5.74) is -0.432. The van der Waals surface area contributed by atoms with Gasteiger partial charge in [0.2, 0.25) is 5.91 Å². The van der Waals surface area contributed by atoms with Gasteiger partial charge in [0, 0.05) is 24.2 Å². The van der Waals surface area contributed by atoms with Crippen LogP contribution >= 0.6 is 0 Å². The highest BCUT2D eigenvalue weighted by atomic mass is 19.4. The number of para-hydroxylation sites is 1. The summed E-state index contributed by atoms with van der Waals surface area (Å²) < 4.78 is 38.9. The van der Waals surface area contributed by atoms with Gasteiger partial charge in [0.15, 0.2) is 0 Å². The van der Waals surface area contributed by atoms with Gasteiger partial charge in [-0.15, -0.1) is 0 Å². The average molecular weight is 362 g/mol. The number of benzene rings is 2. The molecule has 136 valence electrons. The van der Waals surface area contributed by atoms with E-state index in [0.717, 1.165) is 12.1 Å². The Morgan fingerprint density at radius 3 is 2.42 bits per heavy atom. The molecule has 0 N–H and O–H groups in total. The predicted molar refractivity (Wildman–Crippen MR) is 90.5 cm³/mol. The number of nitrogens with zero attached hydrogens (tertiary/aromatic N) is 2. The smallest absolute Gasteiger partial charge is 0.324 e. The fourth-order valence-electron chi connectivity index (χ4n) is 2.88. The van der Waals surface area contributed by atoms with E-state index in [1.54, 1.807) is 35.2 Å². The van der Waals surface area contributed by atoms with Crippen molar-refractivity contribution in [3.05, 3.63) is 65.7 Å². The van der Waals surface area contributed by atoms with E-state index in [1.165, 1.54) is 17.0 Å². The highest BCUT2D eigenvalue weighted by Crippen LogP contribution is 2.30. The van der Waals surface area contributed by atoms with Crippen LogP contribution in [0, 0.1) is 0 Å². The third-order valence-corrected chi connectivity index (χ3v) is 4.23. The Bertz CT molecular complexity index is 806. The van der Waals surface area contributed by atoms with Crippen LogP contribution < -0.4 is 4.90 Å². The van der Waals surface area contributed by atoms with Crippen LogP contribution in [0.25, 0.3) is 0 Å². The minimum Gasteiger partial charge on any atom is -0.324 e. The molecule has 2 amide bonds. The standard InChI is InChI=1S/C19H17F3N2O2/c20-19(21,22)15-7-4-6-14(12-15)18(26)24(16-8-2-1-3-9-16)13-23-11-5-10-17(23)25/h1-4,6-9,12H,5,10-11,13H2. The van der Waals surface area contributed by atoms with Gasteiger partial charge in [-0.05, 0) is 36.8 Å². The van der Waals surface area contributed by atoms with Crippen LogP contribution in [0.4, 0.5) is 18.9 Å². The highest BCUT2D eigenvalue weighted by molar-refractivity contribution is 6.06. The topological polar surface area (TPSA) is 40.6 Å². The number of anilines is 1. The van der Waals surface area contributed by atoms with Crippen LogP contribution in [0.2, 0.25) is 0 Å². The third kappa shape index (κ3) is 3.87. The maximum Gasteiger partial charge on any atom is 0.416 e. The fourth-order valence-corrected chi connectivity index (χ4v) is 2.88. The van der Waals surface area contributed by atoms with Crippen molar-refractivity contribution in [1.82, 2.24) is 4.90 Å². The number of alkyl halides is 3. The van der Waals surface area contributed by atoms with Crippen LogP contribution in [0.3, 0.4) is 0 Å². The minimum absolute atomic E-state index is 0.0118. The number of rotatable bonds is 4. The van der Waals surface area contributed by atoms with Gasteiger partial charge < -0.3 is 4.90 Å². The highest BCUT2D eigenvalue weighted by Gasteiger charge is 2.32. The van der Waals surface area contributed by atoms with E-state index in [-0.39, 0.29) is 18.1 Å². The average Bonchev–Trinajstić information content (AvgIpc) is 3.04. The molecule has 1 heterocycles. The van der Waals surface area contributed by atoms with Gasteiger partial charge in [0.25, 0.3) is 5.91 Å². The molecule has 3 rings (SSSR count). The quantitative estimate of drug-likeness (QED) is 0.827. The van der Waals surface area contributed by atoms with Gasteiger partial charge in [0.05, 0.1) is 5.56 Å². The third-order valence-electron chi connectivity index (χ3n) is 4.23. The number of likely N-dealkylation sites (tertiary alicyclic amines) is 1. The number of carbonyl (C=O) groups is 2. The molecule has 0 radical (unpaired) electrons. The van der Waals surface area contributed by atoms with E-state index in [0.29, 0.717) is 25.1 Å². The SMILES string of the molecule is O=C1CCCN1CN(C(=O)c1cccc(C(F)(F)F)c1)c1ccccc1. The lowest BCUT2D eigenvalue weighted by molar-refractivity contribution is -0.137. The van der Waals surface area contributed by atoms with Gasteiger partial charge >= 0.3 is 6.18 Å². The molecule has 0 spiro atoms. The first-order valence-electron chi connectivity index (χ1n) is 8.18. The van der Waals surface area contributed by atoms with E-state index in [4.69, 9.17) is 0 Å². The molecule has 0 unspecified atom stereocenters. The number of hydrogen-bond donors (Lipinski definition) is 0. The predicted octanol–water partition coefficient (Wildman–Crippen LogP) is 3.93. The maximum atomic E-state index is 13.0. The lowest BCUT2D eigenvalue weighted by Gasteiger charge is -2.28. The Morgan fingerprint density at radius 2 is 1.81 bits per heavy atom. The van der Waals surface area contributed by atoms with Gasteiger partial charge in [-0.1, -0.05) is 24.3 Å². The minimum atomic E-state index is -4.53. The Hall–Kier alpha value is -2.83. The van der Waals surface area contributed by atoms with E-state index in [9.17, 15) is 22.8 Å². The van der Waals surface area contributed by atoms with Crippen molar-refractivity contribution in [3.63, 3.8) is 0 Å². The summed E-state index contributed by atoms with van der Waals surface area (Å²) in [4.78, 5) is 27.7. The Balaban J connectivity index is 1.93. The first-order chi connectivity index (χ1) is 12.4. The van der Waals surface area contributed by atoms with Crippen LogP contribution in [0.5, 0.6) is 0 Å². The van der Waals surface area contributed by atoms with Crippen molar-refractivity contribution in [2.45, 2.75) is 19.0 Å². The summed E-state index contributed by atoms with van der Waals surface area (Å²) in [7, 11) is 0. The number of amides is 2. The zero-order chi connectivity index (χ0) is 18.7. The molecule has 0 aromatic heterocycles. The van der Waals surface area contributed by atoms with Gasteiger partial charge in [-0.3, -0.25) is 14.5 Å². The number of halogens is 3. The second-order valence-corrected chi connectivity index (χ2v) is 6.05. The number of hydrogen-bond acceptors (Lipinski definition) is 2. The molecule has 1 fully saturated rings. The Kier molecular flexibility index (Phi) is 4.97. The van der Waals surface area contributed by atoms with Gasteiger partial charge in [0.1, 0.15) is 6.67 Å². The summed E-state index contributed by atoms with van der Waals surface area (Å²) in [5.74, 6) is -0.648. The van der Waals surface area contributed by atoms with Crippen molar-refractivity contribution in [3.8, 4) is 0 Å². The largest absolute Gasteiger partial charge is 0.416 e. The molecule has 2 aromatic carbocycles. The van der Waals surface area contributed by atoms with Crippen molar-refractivity contribution >= 4 is 17.5 Å². The molecule has 1 aliphatic heterocycles. The lowest BCUT2D eigenvalue weighted by Crippen LogP contribution is -2.42. The molecule has 1 aliphatic rings. The van der Waals surface area contributed by atoms with Crippen LogP contribution in [0.1, 0.15) is 28.8 Å². The monoisotopic (exact) mass is 362 g/mol. The summed E-state index contributed by atoms with van der Waals surface area (Å²) in [6.45, 7) is 0.538. The molecule has 26 heavy (non-hydrogen) atoms. The van der Waals surface area contributed by atoms with E-state index < -0.39 is 17.6 Å². The first-order valence-corrected chi connectivity index (χ1v) is 8.18. The number of carbonyl (C=O) groups excluding carboxylic acids is 2. The van der Waals surface area contributed by atoms with E-state index in [1.807, 2.05) is 0 Å². The van der Waals surface area contributed by atoms with Crippen molar-refractivity contribution < 1.29 is 22.8 Å². The molecule has 1 saturated heterocycles. The van der Waals surface area contributed by atoms with Crippen LogP contribution in [-0.4, -0.2) is 29.9 Å². The second kappa shape index (κ2) is 7.19. The molecule has 2 aromatic rings. The Morgan fingerprint density at radius 1 is 1.08 bits per heavy atom. The molecule has 0 aliphatic carbocycles. The van der Waals surface area contributed by atoms with Crippen molar-refractivity contribution in [1.29, 1.82) is 0 Å². The van der Waals surface area contributed by atoms with Crippen molar-refractivity contribution in [2.24, 2.45) is 0 Å². The summed E-state index contributed by atoms with van der Waals surface area (Å²) in [5, 5.41) is 0. The zero-order valence-electron chi connectivity index (χ0n) is 13.9. The van der Waals surface area contributed by atoms with Crippen molar-refractivity contribution in [2.75, 3.05) is 18.1 Å². The first kappa shape index (κ1) is 18.0. The fraction of sp³-hybridized carbons (Fsp3) is 0.263. The molecule has 4 nitrogen and oxygen atoms in total. The lowest BCUT2D eigenvalue weighted by atomic mass is 10.1. The zero-order valence-corrected chi connectivity index (χ0v) is 13.9. The summed E-state index contributed by atoms with van der Waals surface area (Å²) in [6, 6.07) is 12.9. The van der Waals surface area contributed by atoms with E-state index >= 15 is 0 Å². The molecule has 0 atom stereocenters. The van der Waals surface area contributed by atoms with E-state index in [2.05, 4.69) is 0 Å². The normalized spacial score (nSPS) is 14.6. The van der Waals surface area contributed by atoms with Gasteiger partial charge in [-0.25, -0.2) is 0 Å². The Labute approximate surface area is 148 Å². The maximum absolute atomic E-state index is 13.0. The molecule has 7 heteroatoms. The van der Waals surface area contributed by atoms with Crippen LogP contribution in [0.15, 0.2) is 54.6 Å². The summed E-state index contributed by atoms with van der Waals surface area (Å²) >= 11 is 0. The molecule has 0 saturated carbocycles. The van der Waals surface area contributed by atoms with Gasteiger partial charge in [-0.2, -0.15) is 13.2 Å². The van der Waals surface area contributed by atoms with Crippen LogP contribution in [-0.2, 0) is 11.0 Å². The molecular weight excluding hydrogens is 345 g/mol. The molecule has 0 bridgehead atoms. The summed E-state index contributed by atoms with van der Waals surface area (Å²) in [6.07, 6.45) is -3.40. The molecular formula is C19H17F3N2O2. The second-order valence-electron chi connectivity index (χ2n) is 6.05.